The smallest absolute Gasteiger partial charge is 0.293 e. The Kier molecular flexibility index (Phi) is 5.36. The molecular formula is C19H26FN5O. The summed E-state index contributed by atoms with van der Waals surface area (Å²) < 4.78 is 15.7. The molecule has 0 radical (unpaired) electrons. The predicted molar refractivity (Wildman–Crippen MR) is 97.7 cm³/mol. The zero-order valence-corrected chi connectivity index (χ0v) is 15.5. The van der Waals surface area contributed by atoms with Gasteiger partial charge in [0.25, 0.3) is 5.91 Å². The Morgan fingerprint density at radius 1 is 1.38 bits per heavy atom. The Balaban J connectivity index is 1.97. The fourth-order valence-electron chi connectivity index (χ4n) is 3.46. The molecule has 0 bridgehead atoms. The fraction of sp³-hybridized carbons (Fsp3) is 0.526. The van der Waals surface area contributed by atoms with Gasteiger partial charge in [-0.2, -0.15) is 0 Å². The average molecular weight is 359 g/mol. The number of likely N-dealkylation sites (tertiary alicyclic amines) is 1. The number of halogens is 1. The third-order valence-electron chi connectivity index (χ3n) is 4.93. The van der Waals surface area contributed by atoms with Gasteiger partial charge in [-0.3, -0.25) is 4.79 Å². The highest BCUT2D eigenvalue weighted by Crippen LogP contribution is 2.25. The van der Waals surface area contributed by atoms with Crippen LogP contribution in [-0.2, 0) is 0 Å². The van der Waals surface area contributed by atoms with E-state index in [0.29, 0.717) is 30.5 Å². The maximum Gasteiger partial charge on any atom is 0.293 e. The molecule has 0 saturated carbocycles. The fourth-order valence-corrected chi connectivity index (χ4v) is 3.46. The van der Waals surface area contributed by atoms with Crippen molar-refractivity contribution in [3.63, 3.8) is 0 Å². The third-order valence-corrected chi connectivity index (χ3v) is 4.93. The lowest BCUT2D eigenvalue weighted by Crippen LogP contribution is -2.49. The van der Waals surface area contributed by atoms with Crippen molar-refractivity contribution in [2.45, 2.75) is 45.6 Å². The number of para-hydroxylation sites is 1. The SMILES string of the molecule is CC1CCN(C(=O)c2nc(C(C)C)n(-c3ccccc3F)n2)C(CN)C1. The van der Waals surface area contributed by atoms with Crippen LogP contribution < -0.4 is 5.73 Å². The normalized spacial score (nSPS) is 20.6. The highest BCUT2D eigenvalue weighted by molar-refractivity contribution is 5.90. The molecule has 0 aliphatic carbocycles. The average Bonchev–Trinajstić information content (AvgIpc) is 3.07. The minimum atomic E-state index is -0.398. The lowest BCUT2D eigenvalue weighted by atomic mass is 9.92. The van der Waals surface area contributed by atoms with Crippen LogP contribution in [0.1, 0.15) is 56.0 Å². The van der Waals surface area contributed by atoms with Crippen LogP contribution in [0.15, 0.2) is 24.3 Å². The van der Waals surface area contributed by atoms with Crippen LogP contribution in [-0.4, -0.2) is 44.7 Å². The van der Waals surface area contributed by atoms with Gasteiger partial charge in [-0.25, -0.2) is 14.1 Å². The number of piperidine rings is 1. The van der Waals surface area contributed by atoms with E-state index in [4.69, 9.17) is 5.73 Å². The molecule has 1 amide bonds. The molecule has 140 valence electrons. The summed E-state index contributed by atoms with van der Waals surface area (Å²) in [4.78, 5) is 19.2. The zero-order chi connectivity index (χ0) is 18.8. The molecule has 2 atom stereocenters. The topological polar surface area (TPSA) is 77.0 Å². The molecule has 26 heavy (non-hydrogen) atoms. The van der Waals surface area contributed by atoms with Crippen LogP contribution in [0.25, 0.3) is 5.69 Å². The first-order valence-corrected chi connectivity index (χ1v) is 9.15. The van der Waals surface area contributed by atoms with E-state index in [-0.39, 0.29) is 23.7 Å². The molecule has 1 fully saturated rings. The Hall–Kier alpha value is -2.28. The number of benzene rings is 1. The monoisotopic (exact) mass is 359 g/mol. The number of amides is 1. The number of aromatic nitrogens is 3. The molecule has 3 rings (SSSR count). The van der Waals surface area contributed by atoms with Crippen LogP contribution >= 0.6 is 0 Å². The molecule has 6 nitrogen and oxygen atoms in total. The summed E-state index contributed by atoms with van der Waals surface area (Å²) in [6, 6.07) is 6.36. The molecule has 1 saturated heterocycles. The summed E-state index contributed by atoms with van der Waals surface area (Å²) in [5.41, 5.74) is 6.17. The second-order valence-corrected chi connectivity index (χ2v) is 7.33. The minimum absolute atomic E-state index is 0.00432. The molecule has 1 aliphatic heterocycles. The van der Waals surface area contributed by atoms with Crippen LogP contribution in [0.3, 0.4) is 0 Å². The van der Waals surface area contributed by atoms with E-state index in [9.17, 15) is 9.18 Å². The number of carbonyl (C=O) groups excluding carboxylic acids is 1. The summed E-state index contributed by atoms with van der Waals surface area (Å²) in [6.07, 6.45) is 1.82. The summed E-state index contributed by atoms with van der Waals surface area (Å²) >= 11 is 0. The Labute approximate surface area is 153 Å². The molecule has 0 spiro atoms. The van der Waals surface area contributed by atoms with Gasteiger partial charge in [0.1, 0.15) is 17.3 Å². The lowest BCUT2D eigenvalue weighted by molar-refractivity contribution is 0.0561. The maximum atomic E-state index is 14.2. The highest BCUT2D eigenvalue weighted by atomic mass is 19.1. The summed E-state index contributed by atoms with van der Waals surface area (Å²) in [6.45, 7) is 7.13. The van der Waals surface area contributed by atoms with E-state index in [1.807, 2.05) is 13.8 Å². The second-order valence-electron chi connectivity index (χ2n) is 7.33. The van der Waals surface area contributed by atoms with E-state index in [1.165, 1.54) is 10.7 Å². The second kappa shape index (κ2) is 7.53. The van der Waals surface area contributed by atoms with Crippen LogP contribution in [0, 0.1) is 11.7 Å². The minimum Gasteiger partial charge on any atom is -0.332 e. The molecular weight excluding hydrogens is 333 g/mol. The largest absolute Gasteiger partial charge is 0.332 e. The molecule has 2 N–H and O–H groups in total. The van der Waals surface area contributed by atoms with Crippen LogP contribution in [0.4, 0.5) is 4.39 Å². The van der Waals surface area contributed by atoms with Gasteiger partial charge in [0.05, 0.1) is 0 Å². The number of carbonyl (C=O) groups is 1. The van der Waals surface area contributed by atoms with Gasteiger partial charge in [0.15, 0.2) is 0 Å². The lowest BCUT2D eigenvalue weighted by Gasteiger charge is -2.37. The Morgan fingerprint density at radius 3 is 2.77 bits per heavy atom. The first-order valence-electron chi connectivity index (χ1n) is 9.15. The Morgan fingerprint density at radius 2 is 2.12 bits per heavy atom. The zero-order valence-electron chi connectivity index (χ0n) is 15.5. The van der Waals surface area contributed by atoms with Gasteiger partial charge < -0.3 is 10.6 Å². The molecule has 1 aromatic heterocycles. The van der Waals surface area contributed by atoms with E-state index in [1.54, 1.807) is 23.1 Å². The van der Waals surface area contributed by atoms with E-state index < -0.39 is 5.82 Å². The van der Waals surface area contributed by atoms with Crippen molar-refractivity contribution >= 4 is 5.91 Å². The van der Waals surface area contributed by atoms with Gasteiger partial charge >= 0.3 is 0 Å². The van der Waals surface area contributed by atoms with Gasteiger partial charge in [-0.15, -0.1) is 5.10 Å². The van der Waals surface area contributed by atoms with Crippen LogP contribution in [0.2, 0.25) is 0 Å². The molecule has 2 aromatic rings. The molecule has 1 aliphatic rings. The first-order chi connectivity index (χ1) is 12.4. The highest BCUT2D eigenvalue weighted by Gasteiger charge is 2.32. The van der Waals surface area contributed by atoms with Crippen molar-refractivity contribution in [3.8, 4) is 5.69 Å². The molecule has 1 aromatic carbocycles. The van der Waals surface area contributed by atoms with Crippen molar-refractivity contribution in [3.05, 3.63) is 41.7 Å². The maximum absolute atomic E-state index is 14.2. The van der Waals surface area contributed by atoms with Crippen molar-refractivity contribution < 1.29 is 9.18 Å². The quantitative estimate of drug-likeness (QED) is 0.911. The van der Waals surface area contributed by atoms with Crippen molar-refractivity contribution in [2.75, 3.05) is 13.1 Å². The van der Waals surface area contributed by atoms with E-state index >= 15 is 0 Å². The summed E-state index contributed by atoms with van der Waals surface area (Å²) in [7, 11) is 0. The summed E-state index contributed by atoms with van der Waals surface area (Å²) in [5.74, 6) is 0.574. The van der Waals surface area contributed by atoms with Gasteiger partial charge in [0.2, 0.25) is 5.82 Å². The third kappa shape index (κ3) is 3.49. The summed E-state index contributed by atoms with van der Waals surface area (Å²) in [5, 5.41) is 4.36. The standard InChI is InChI=1S/C19H26FN5O/c1-12(2)18-22-17(23-25(18)16-7-5-4-6-15(16)20)19(26)24-9-8-13(3)10-14(24)11-21/h4-7,12-14H,8-11,21H2,1-3H3. The van der Waals surface area contributed by atoms with Gasteiger partial charge in [-0.05, 0) is 30.9 Å². The molecule has 7 heteroatoms. The predicted octanol–water partition coefficient (Wildman–Crippen LogP) is 2.73. The van der Waals surface area contributed by atoms with Crippen LogP contribution in [0.5, 0.6) is 0 Å². The van der Waals surface area contributed by atoms with Crippen molar-refractivity contribution in [2.24, 2.45) is 11.7 Å². The number of hydrogen-bond donors (Lipinski definition) is 1. The van der Waals surface area contributed by atoms with Gasteiger partial charge in [0, 0.05) is 25.0 Å². The van der Waals surface area contributed by atoms with Crippen molar-refractivity contribution in [1.82, 2.24) is 19.7 Å². The van der Waals surface area contributed by atoms with Gasteiger partial charge in [-0.1, -0.05) is 32.9 Å². The van der Waals surface area contributed by atoms with E-state index in [0.717, 1.165) is 12.8 Å². The molecule has 2 unspecified atom stereocenters. The number of hydrogen-bond acceptors (Lipinski definition) is 4. The van der Waals surface area contributed by atoms with E-state index in [2.05, 4.69) is 17.0 Å². The van der Waals surface area contributed by atoms with Crippen molar-refractivity contribution in [1.29, 1.82) is 0 Å². The Bertz CT molecular complexity index is 788. The number of nitrogens with two attached hydrogens (primary N) is 1. The number of rotatable bonds is 4. The molecule has 2 heterocycles. The number of nitrogens with zero attached hydrogens (tertiary/aromatic N) is 4. The first kappa shape index (κ1) is 18.5.